The van der Waals surface area contributed by atoms with Crippen molar-refractivity contribution in [3.05, 3.63) is 30.1 Å². The van der Waals surface area contributed by atoms with Crippen LogP contribution in [-0.4, -0.2) is 50.6 Å². The molecule has 2 N–H and O–H groups in total. The highest BCUT2D eigenvalue weighted by atomic mass is 32.2. The second kappa shape index (κ2) is 10.5. The Kier molecular flexibility index (Phi) is 9.02. The minimum Gasteiger partial charge on any atom is -0.488 e. The highest BCUT2D eigenvalue weighted by Gasteiger charge is 2.28. The normalized spacial score (nSPS) is 13.9. The van der Waals surface area contributed by atoms with Crippen molar-refractivity contribution in [3.63, 3.8) is 0 Å². The van der Waals surface area contributed by atoms with Crippen molar-refractivity contribution in [3.8, 4) is 5.75 Å². The third-order valence-electron chi connectivity index (χ3n) is 3.95. The van der Waals surface area contributed by atoms with Gasteiger partial charge in [0.1, 0.15) is 17.7 Å². The molecule has 0 heterocycles. The third kappa shape index (κ3) is 8.15. The standard InChI is InChI=1S/C19H32FN3O3S/c1-6-16(26-17-10-8-9-15(20)13-17)14-23-18(21-7-2)22-11-12-27(24,25)19(3,4)5/h8-10,13,16H,6-7,11-12,14H2,1-5H3,(H2,21,22,23). The maximum absolute atomic E-state index is 13.3. The van der Waals surface area contributed by atoms with Crippen LogP contribution in [0.5, 0.6) is 5.75 Å². The molecule has 0 aliphatic carbocycles. The molecule has 8 heteroatoms. The van der Waals surface area contributed by atoms with E-state index in [2.05, 4.69) is 15.6 Å². The molecule has 154 valence electrons. The maximum atomic E-state index is 13.3. The van der Waals surface area contributed by atoms with Gasteiger partial charge in [-0.15, -0.1) is 0 Å². The lowest BCUT2D eigenvalue weighted by Crippen LogP contribution is -2.42. The van der Waals surface area contributed by atoms with E-state index < -0.39 is 14.6 Å². The van der Waals surface area contributed by atoms with E-state index in [0.717, 1.165) is 0 Å². The van der Waals surface area contributed by atoms with E-state index in [4.69, 9.17) is 4.74 Å². The summed E-state index contributed by atoms with van der Waals surface area (Å²) in [5.74, 6) is 0.674. The minimum absolute atomic E-state index is 0.0257. The fourth-order valence-electron chi connectivity index (χ4n) is 2.13. The highest BCUT2D eigenvalue weighted by Crippen LogP contribution is 2.16. The number of benzene rings is 1. The number of sulfone groups is 1. The van der Waals surface area contributed by atoms with E-state index in [1.54, 1.807) is 32.9 Å². The SMILES string of the molecule is CCNC(=NCC(CC)Oc1cccc(F)c1)NCCS(=O)(=O)C(C)(C)C. The molecule has 1 aromatic rings. The molecular weight excluding hydrogens is 369 g/mol. The van der Waals surface area contributed by atoms with E-state index in [-0.39, 0.29) is 24.2 Å². The van der Waals surface area contributed by atoms with Crippen LogP contribution in [0.25, 0.3) is 0 Å². The van der Waals surface area contributed by atoms with Crippen LogP contribution in [0.3, 0.4) is 0 Å². The Morgan fingerprint density at radius 2 is 1.96 bits per heavy atom. The van der Waals surface area contributed by atoms with E-state index in [1.807, 2.05) is 13.8 Å². The number of ether oxygens (including phenoxy) is 1. The van der Waals surface area contributed by atoms with Gasteiger partial charge in [-0.05, 0) is 46.2 Å². The number of aliphatic imine (C=N–C) groups is 1. The fourth-order valence-corrected chi connectivity index (χ4v) is 3.11. The zero-order valence-electron chi connectivity index (χ0n) is 16.9. The van der Waals surface area contributed by atoms with Crippen molar-refractivity contribution < 1.29 is 17.5 Å². The van der Waals surface area contributed by atoms with Crippen LogP contribution in [0.1, 0.15) is 41.0 Å². The quantitative estimate of drug-likeness (QED) is 0.491. The maximum Gasteiger partial charge on any atom is 0.191 e. The van der Waals surface area contributed by atoms with Crippen LogP contribution >= 0.6 is 0 Å². The third-order valence-corrected chi connectivity index (χ3v) is 6.56. The van der Waals surface area contributed by atoms with E-state index >= 15 is 0 Å². The molecule has 1 aromatic carbocycles. The summed E-state index contributed by atoms with van der Waals surface area (Å²) in [5, 5.41) is 6.13. The number of halogens is 1. The molecule has 0 radical (unpaired) electrons. The summed E-state index contributed by atoms with van der Waals surface area (Å²) in [6, 6.07) is 6.01. The predicted molar refractivity (Wildman–Crippen MR) is 109 cm³/mol. The van der Waals surface area contributed by atoms with Gasteiger partial charge in [0.25, 0.3) is 0 Å². The van der Waals surface area contributed by atoms with E-state index in [1.165, 1.54) is 12.1 Å². The zero-order valence-corrected chi connectivity index (χ0v) is 17.7. The minimum atomic E-state index is -3.19. The molecule has 0 aliphatic rings. The molecule has 1 rings (SSSR count). The second-order valence-corrected chi connectivity index (χ2v) is 10.0. The average Bonchev–Trinajstić information content (AvgIpc) is 2.57. The molecular formula is C19H32FN3O3S. The molecule has 0 bridgehead atoms. The first-order valence-electron chi connectivity index (χ1n) is 9.25. The van der Waals surface area contributed by atoms with Crippen molar-refractivity contribution in [1.29, 1.82) is 0 Å². The number of hydrogen-bond acceptors (Lipinski definition) is 4. The Hall–Kier alpha value is -1.83. The van der Waals surface area contributed by atoms with Gasteiger partial charge in [0, 0.05) is 19.2 Å². The number of nitrogens with zero attached hydrogens (tertiary/aromatic N) is 1. The molecule has 0 fully saturated rings. The Balaban J connectivity index is 2.65. The lowest BCUT2D eigenvalue weighted by atomic mass is 10.2. The van der Waals surface area contributed by atoms with Crippen LogP contribution < -0.4 is 15.4 Å². The van der Waals surface area contributed by atoms with Gasteiger partial charge in [0.15, 0.2) is 15.8 Å². The number of guanidine groups is 1. The lowest BCUT2D eigenvalue weighted by Gasteiger charge is -2.20. The lowest BCUT2D eigenvalue weighted by molar-refractivity contribution is 0.205. The topological polar surface area (TPSA) is 79.8 Å². The fraction of sp³-hybridized carbons (Fsp3) is 0.632. The summed E-state index contributed by atoms with van der Waals surface area (Å²) in [4.78, 5) is 4.47. The van der Waals surface area contributed by atoms with Gasteiger partial charge in [-0.25, -0.2) is 17.8 Å². The van der Waals surface area contributed by atoms with E-state index in [9.17, 15) is 12.8 Å². The van der Waals surface area contributed by atoms with Crippen LogP contribution in [0.4, 0.5) is 4.39 Å². The van der Waals surface area contributed by atoms with Crippen LogP contribution in [-0.2, 0) is 9.84 Å². The average molecular weight is 402 g/mol. The molecule has 0 aromatic heterocycles. The first-order valence-corrected chi connectivity index (χ1v) is 10.9. The molecule has 27 heavy (non-hydrogen) atoms. The summed E-state index contributed by atoms with van der Waals surface area (Å²) >= 11 is 0. The summed E-state index contributed by atoms with van der Waals surface area (Å²) < 4.78 is 42.6. The smallest absolute Gasteiger partial charge is 0.191 e. The first kappa shape index (κ1) is 23.2. The molecule has 6 nitrogen and oxygen atoms in total. The predicted octanol–water partition coefficient (Wildman–Crippen LogP) is 2.75. The molecule has 1 atom stereocenters. The summed E-state index contributed by atoms with van der Waals surface area (Å²) in [6.07, 6.45) is 0.498. The van der Waals surface area contributed by atoms with Gasteiger partial charge < -0.3 is 15.4 Å². The molecule has 0 spiro atoms. The zero-order chi connectivity index (χ0) is 20.5. The van der Waals surface area contributed by atoms with Gasteiger partial charge in [0.05, 0.1) is 17.0 Å². The Morgan fingerprint density at radius 1 is 1.26 bits per heavy atom. The molecule has 0 amide bonds. The van der Waals surface area contributed by atoms with Crippen LogP contribution in [0, 0.1) is 5.82 Å². The monoisotopic (exact) mass is 401 g/mol. The van der Waals surface area contributed by atoms with Gasteiger partial charge in [-0.1, -0.05) is 13.0 Å². The molecule has 0 saturated carbocycles. The Labute approximate surface area is 162 Å². The molecule has 1 unspecified atom stereocenters. The number of nitrogens with one attached hydrogen (secondary N) is 2. The van der Waals surface area contributed by atoms with Crippen LogP contribution in [0.15, 0.2) is 29.3 Å². The highest BCUT2D eigenvalue weighted by molar-refractivity contribution is 7.92. The van der Waals surface area contributed by atoms with Gasteiger partial charge in [-0.3, -0.25) is 0 Å². The van der Waals surface area contributed by atoms with Crippen LogP contribution in [0.2, 0.25) is 0 Å². The van der Waals surface area contributed by atoms with E-state index in [0.29, 0.717) is 31.2 Å². The molecule has 0 saturated heterocycles. The molecule has 0 aliphatic heterocycles. The largest absolute Gasteiger partial charge is 0.488 e. The number of rotatable bonds is 9. The van der Waals surface area contributed by atoms with Gasteiger partial charge in [0.2, 0.25) is 0 Å². The first-order chi connectivity index (χ1) is 12.6. The van der Waals surface area contributed by atoms with Gasteiger partial charge in [-0.2, -0.15) is 0 Å². The summed E-state index contributed by atoms with van der Waals surface area (Å²) in [7, 11) is -3.19. The van der Waals surface area contributed by atoms with Gasteiger partial charge >= 0.3 is 0 Å². The van der Waals surface area contributed by atoms with Crippen molar-refractivity contribution in [1.82, 2.24) is 10.6 Å². The Bertz CT molecular complexity index is 715. The summed E-state index contributed by atoms with van der Waals surface area (Å²) in [5.41, 5.74) is 0. The second-order valence-electron chi connectivity index (χ2n) is 7.18. The van der Waals surface area contributed by atoms with Crippen molar-refractivity contribution in [2.45, 2.75) is 51.9 Å². The van der Waals surface area contributed by atoms with Crippen molar-refractivity contribution in [2.75, 3.05) is 25.4 Å². The summed E-state index contributed by atoms with van der Waals surface area (Å²) in [6.45, 7) is 10.3. The van der Waals surface area contributed by atoms with Crippen molar-refractivity contribution >= 4 is 15.8 Å². The van der Waals surface area contributed by atoms with Crippen molar-refractivity contribution in [2.24, 2.45) is 4.99 Å². The Morgan fingerprint density at radius 3 is 2.52 bits per heavy atom. The number of hydrogen-bond donors (Lipinski definition) is 2.